The van der Waals surface area contributed by atoms with Gasteiger partial charge in [0.1, 0.15) is 28.9 Å². The molecule has 3 rings (SSSR count). The Bertz CT molecular complexity index is 909. The predicted octanol–water partition coefficient (Wildman–Crippen LogP) is 3.53. The molecular formula is C18H20N4O3S. The average Bonchev–Trinajstić information content (AvgIpc) is 3.33. The van der Waals surface area contributed by atoms with Crippen molar-refractivity contribution in [1.82, 2.24) is 20.1 Å². The molecule has 3 aromatic rings. The first-order valence-electron chi connectivity index (χ1n) is 8.08. The van der Waals surface area contributed by atoms with Gasteiger partial charge in [-0.15, -0.1) is 5.10 Å². The van der Waals surface area contributed by atoms with E-state index in [-0.39, 0.29) is 11.7 Å². The molecule has 3 heterocycles. The Labute approximate surface area is 155 Å². The Hall–Kier alpha value is -2.74. The van der Waals surface area contributed by atoms with Crippen molar-refractivity contribution in [2.75, 3.05) is 12.8 Å². The minimum absolute atomic E-state index is 0.0167. The molecule has 0 saturated carbocycles. The Morgan fingerprint density at radius 3 is 2.65 bits per heavy atom. The monoisotopic (exact) mass is 372 g/mol. The zero-order chi connectivity index (χ0) is 18.5. The van der Waals surface area contributed by atoms with Gasteiger partial charge in [0.05, 0.1) is 12.3 Å². The molecule has 0 radical (unpaired) electrons. The number of aromatic amines is 1. The van der Waals surface area contributed by atoms with E-state index in [0.29, 0.717) is 17.5 Å². The maximum atomic E-state index is 12.2. The van der Waals surface area contributed by atoms with Gasteiger partial charge in [-0.1, -0.05) is 11.8 Å². The van der Waals surface area contributed by atoms with Crippen LogP contribution < -0.4 is 0 Å². The molecular weight excluding hydrogens is 352 g/mol. The zero-order valence-electron chi connectivity index (χ0n) is 14.9. The van der Waals surface area contributed by atoms with Crippen molar-refractivity contribution < 1.29 is 13.6 Å². The van der Waals surface area contributed by atoms with Gasteiger partial charge in [0.2, 0.25) is 11.1 Å². The number of aryl methyl sites for hydroxylation is 2. The molecule has 0 unspecified atom stereocenters. The molecule has 0 atom stereocenters. The van der Waals surface area contributed by atoms with Gasteiger partial charge in [0, 0.05) is 7.05 Å². The van der Waals surface area contributed by atoms with Crippen LogP contribution in [-0.2, 0) is 11.3 Å². The Morgan fingerprint density at radius 1 is 1.19 bits per heavy atom. The lowest BCUT2D eigenvalue weighted by Crippen LogP contribution is -2.27. The van der Waals surface area contributed by atoms with Crippen molar-refractivity contribution in [2.24, 2.45) is 0 Å². The number of furan rings is 2. The highest BCUT2D eigenvalue weighted by molar-refractivity contribution is 7.99. The van der Waals surface area contributed by atoms with Crippen molar-refractivity contribution >= 4 is 29.8 Å². The first kappa shape index (κ1) is 18.1. The number of carbonyl (C=O) groups is 1. The summed E-state index contributed by atoms with van der Waals surface area (Å²) in [6, 6.07) is 7.54. The Kier molecular flexibility index (Phi) is 5.62. The van der Waals surface area contributed by atoms with E-state index in [2.05, 4.69) is 15.2 Å². The van der Waals surface area contributed by atoms with Gasteiger partial charge < -0.3 is 13.7 Å². The van der Waals surface area contributed by atoms with Crippen molar-refractivity contribution in [3.8, 4) is 0 Å². The minimum atomic E-state index is -0.0167. The maximum absolute atomic E-state index is 12.2. The highest BCUT2D eigenvalue weighted by Gasteiger charge is 2.13. The lowest BCUT2D eigenvalue weighted by molar-refractivity contribution is -0.127. The molecule has 0 aromatic carbocycles. The van der Waals surface area contributed by atoms with E-state index >= 15 is 0 Å². The summed E-state index contributed by atoms with van der Waals surface area (Å²) in [5.74, 6) is 4.05. The number of aromatic nitrogens is 3. The number of nitrogens with one attached hydrogen (secondary N) is 1. The van der Waals surface area contributed by atoms with E-state index < -0.39 is 0 Å². The fourth-order valence-corrected chi connectivity index (χ4v) is 2.98. The zero-order valence-corrected chi connectivity index (χ0v) is 15.7. The quantitative estimate of drug-likeness (QED) is 0.638. The molecule has 8 heteroatoms. The van der Waals surface area contributed by atoms with Crippen molar-refractivity contribution in [3.05, 3.63) is 53.1 Å². The van der Waals surface area contributed by atoms with E-state index in [1.165, 1.54) is 11.8 Å². The molecule has 1 amide bonds. The van der Waals surface area contributed by atoms with Crippen molar-refractivity contribution in [3.63, 3.8) is 0 Å². The topological polar surface area (TPSA) is 88.2 Å². The maximum Gasteiger partial charge on any atom is 0.233 e. The lowest BCUT2D eigenvalue weighted by atomic mass is 10.4. The van der Waals surface area contributed by atoms with Crippen LogP contribution >= 0.6 is 11.8 Å². The molecule has 0 fully saturated rings. The van der Waals surface area contributed by atoms with E-state index in [0.717, 1.165) is 23.0 Å². The van der Waals surface area contributed by atoms with Crippen LogP contribution in [0.3, 0.4) is 0 Å². The summed E-state index contributed by atoms with van der Waals surface area (Å²) < 4.78 is 10.9. The van der Waals surface area contributed by atoms with E-state index in [4.69, 9.17) is 8.83 Å². The van der Waals surface area contributed by atoms with Crippen molar-refractivity contribution in [1.29, 1.82) is 0 Å². The number of rotatable bonds is 7. The molecule has 26 heavy (non-hydrogen) atoms. The summed E-state index contributed by atoms with van der Waals surface area (Å²) in [5.41, 5.74) is 0. The summed E-state index contributed by atoms with van der Waals surface area (Å²) in [4.78, 5) is 18.2. The molecule has 0 aliphatic rings. The summed E-state index contributed by atoms with van der Waals surface area (Å²) in [6.45, 7) is 4.21. The first-order chi connectivity index (χ1) is 12.5. The molecule has 0 bridgehead atoms. The van der Waals surface area contributed by atoms with Gasteiger partial charge in [0.15, 0.2) is 0 Å². The number of carbonyl (C=O) groups excluding carboxylic acids is 1. The van der Waals surface area contributed by atoms with Crippen LogP contribution in [-0.4, -0.2) is 38.8 Å². The minimum Gasteiger partial charge on any atom is -0.464 e. The predicted molar refractivity (Wildman–Crippen MR) is 99.4 cm³/mol. The van der Waals surface area contributed by atoms with Gasteiger partial charge in [0.25, 0.3) is 0 Å². The van der Waals surface area contributed by atoms with Crippen LogP contribution in [0.4, 0.5) is 0 Å². The van der Waals surface area contributed by atoms with Crippen LogP contribution in [0.1, 0.15) is 28.9 Å². The normalized spacial score (nSPS) is 11.3. The van der Waals surface area contributed by atoms with E-state index in [1.54, 1.807) is 18.0 Å². The van der Waals surface area contributed by atoms with Crippen LogP contribution in [0.15, 0.2) is 38.3 Å². The van der Waals surface area contributed by atoms with Gasteiger partial charge in [-0.05, 0) is 50.3 Å². The number of hydrogen-bond donors (Lipinski definition) is 1. The molecule has 3 aromatic heterocycles. The Balaban J connectivity index is 1.49. The van der Waals surface area contributed by atoms with Crippen LogP contribution in [0.2, 0.25) is 0 Å². The van der Waals surface area contributed by atoms with Gasteiger partial charge >= 0.3 is 0 Å². The number of thioether (sulfide) groups is 1. The molecule has 0 spiro atoms. The van der Waals surface area contributed by atoms with E-state index in [9.17, 15) is 4.79 Å². The second-order valence-corrected chi connectivity index (χ2v) is 6.78. The summed E-state index contributed by atoms with van der Waals surface area (Å²) in [5, 5.41) is 7.46. The first-order valence-corrected chi connectivity index (χ1v) is 9.07. The number of hydrogen-bond acceptors (Lipinski definition) is 6. The molecule has 136 valence electrons. The smallest absolute Gasteiger partial charge is 0.233 e. The second-order valence-electron chi connectivity index (χ2n) is 5.84. The summed E-state index contributed by atoms with van der Waals surface area (Å²) in [6.07, 6.45) is 3.59. The standard InChI is InChI=1S/C18H20N4O3S/c1-12-4-6-14(24-12)8-9-16-19-18(21-20-16)26-11-17(23)22(3)10-15-7-5-13(2)25-15/h4-9H,10-11H2,1-3H3,(H,19,20,21). The third-order valence-electron chi connectivity index (χ3n) is 3.59. The highest BCUT2D eigenvalue weighted by Crippen LogP contribution is 2.16. The molecule has 1 N–H and O–H groups in total. The molecule has 0 saturated heterocycles. The molecule has 7 nitrogen and oxygen atoms in total. The van der Waals surface area contributed by atoms with E-state index in [1.807, 2.05) is 44.2 Å². The third kappa shape index (κ3) is 4.89. The van der Waals surface area contributed by atoms with Crippen LogP contribution in [0.5, 0.6) is 0 Å². The van der Waals surface area contributed by atoms with Crippen molar-refractivity contribution in [2.45, 2.75) is 25.5 Å². The summed E-state index contributed by atoms with van der Waals surface area (Å²) >= 11 is 1.29. The third-order valence-corrected chi connectivity index (χ3v) is 4.42. The fourth-order valence-electron chi connectivity index (χ4n) is 2.23. The van der Waals surface area contributed by atoms with Crippen LogP contribution in [0.25, 0.3) is 12.2 Å². The van der Waals surface area contributed by atoms with Gasteiger partial charge in [-0.25, -0.2) is 4.98 Å². The summed E-state index contributed by atoms with van der Waals surface area (Å²) in [7, 11) is 1.75. The number of nitrogens with zero attached hydrogens (tertiary/aromatic N) is 3. The SMILES string of the molecule is Cc1ccc(C=Cc2nc(SCC(=O)N(C)Cc3ccc(C)o3)n[nH]2)o1. The number of amides is 1. The van der Waals surface area contributed by atoms with Gasteiger partial charge in [-0.2, -0.15) is 0 Å². The highest BCUT2D eigenvalue weighted by atomic mass is 32.2. The van der Waals surface area contributed by atoms with Crippen LogP contribution in [0, 0.1) is 13.8 Å². The largest absolute Gasteiger partial charge is 0.464 e. The average molecular weight is 372 g/mol. The number of H-pyrrole nitrogens is 1. The van der Waals surface area contributed by atoms with Gasteiger partial charge in [-0.3, -0.25) is 9.89 Å². The molecule has 0 aliphatic carbocycles. The fraction of sp³-hybridized carbons (Fsp3) is 0.278. The Morgan fingerprint density at radius 2 is 1.96 bits per heavy atom. The lowest BCUT2D eigenvalue weighted by Gasteiger charge is -2.14. The second kappa shape index (κ2) is 8.09. The molecule has 0 aliphatic heterocycles.